The van der Waals surface area contributed by atoms with Crippen LogP contribution in [0.25, 0.3) is 0 Å². The number of amides is 1. The Bertz CT molecular complexity index is 636. The Morgan fingerprint density at radius 3 is 2.48 bits per heavy atom. The number of carbonyl (C=O) groups excluding carboxylic acids is 1. The molecule has 0 N–H and O–H groups in total. The number of furan rings is 1. The fraction of sp³-hybridized carbons (Fsp3) is 0.389. The molecule has 2 aromatic rings. The topological polar surface area (TPSA) is 51.9 Å². The van der Waals surface area contributed by atoms with Crippen LogP contribution in [0.3, 0.4) is 0 Å². The van der Waals surface area contributed by atoms with E-state index in [2.05, 4.69) is 0 Å². The van der Waals surface area contributed by atoms with Gasteiger partial charge in [0.25, 0.3) is 5.91 Å². The van der Waals surface area contributed by atoms with E-state index in [1.807, 2.05) is 32.9 Å². The van der Waals surface area contributed by atoms with E-state index in [4.69, 9.17) is 13.9 Å². The van der Waals surface area contributed by atoms with Gasteiger partial charge in [0.05, 0.1) is 25.5 Å². The van der Waals surface area contributed by atoms with Gasteiger partial charge in [0.15, 0.2) is 11.5 Å². The first kappa shape index (κ1) is 16.9. The zero-order valence-electron chi connectivity index (χ0n) is 14.0. The number of carbonyl (C=O) groups is 1. The normalized spacial score (nSPS) is 11.8. The summed E-state index contributed by atoms with van der Waals surface area (Å²) in [6.45, 7) is 6.79. The second-order valence-electron chi connectivity index (χ2n) is 5.13. The van der Waals surface area contributed by atoms with E-state index in [9.17, 15) is 4.79 Å². The number of hydrogen-bond donors (Lipinski definition) is 0. The number of hydrogen-bond acceptors (Lipinski definition) is 4. The molecule has 23 heavy (non-hydrogen) atoms. The third-order valence-electron chi connectivity index (χ3n) is 3.65. The molecule has 1 unspecified atom stereocenters. The van der Waals surface area contributed by atoms with Crippen molar-refractivity contribution >= 4 is 5.91 Å². The molecular weight excluding hydrogens is 294 g/mol. The van der Waals surface area contributed by atoms with E-state index in [0.29, 0.717) is 30.3 Å². The summed E-state index contributed by atoms with van der Waals surface area (Å²) in [6.07, 6.45) is 1.61. The van der Waals surface area contributed by atoms with Gasteiger partial charge in [-0.3, -0.25) is 4.79 Å². The lowest BCUT2D eigenvalue weighted by atomic mass is 10.1. The molecule has 0 fully saturated rings. The molecule has 0 saturated heterocycles. The quantitative estimate of drug-likeness (QED) is 0.777. The highest BCUT2D eigenvalue weighted by molar-refractivity contribution is 5.95. The minimum Gasteiger partial charge on any atom is -0.490 e. The molecule has 0 radical (unpaired) electrons. The summed E-state index contributed by atoms with van der Waals surface area (Å²) in [4.78, 5) is 14.3. The lowest BCUT2D eigenvalue weighted by Gasteiger charge is -2.23. The standard InChI is InChI=1S/C18H23NO4/c1-5-21-16-10-9-14(12-17(16)22-6-2)18(20)19(4)13(3)15-8-7-11-23-15/h7-13H,5-6H2,1-4H3. The van der Waals surface area contributed by atoms with Crippen molar-refractivity contribution in [3.8, 4) is 11.5 Å². The number of nitrogens with zero attached hydrogens (tertiary/aromatic N) is 1. The van der Waals surface area contributed by atoms with Crippen molar-refractivity contribution in [1.29, 1.82) is 0 Å². The molecule has 2 rings (SSSR count). The van der Waals surface area contributed by atoms with Gasteiger partial charge in [-0.2, -0.15) is 0 Å². The van der Waals surface area contributed by atoms with E-state index < -0.39 is 0 Å². The first-order valence-corrected chi connectivity index (χ1v) is 7.78. The number of rotatable bonds is 7. The van der Waals surface area contributed by atoms with Gasteiger partial charge in [-0.15, -0.1) is 0 Å². The predicted octanol–water partition coefficient (Wildman–Crippen LogP) is 3.91. The average Bonchev–Trinajstić information content (AvgIpc) is 3.09. The Hall–Kier alpha value is -2.43. The Kier molecular flexibility index (Phi) is 5.68. The molecule has 0 aliphatic heterocycles. The fourth-order valence-electron chi connectivity index (χ4n) is 2.28. The molecule has 5 nitrogen and oxygen atoms in total. The van der Waals surface area contributed by atoms with Gasteiger partial charge >= 0.3 is 0 Å². The van der Waals surface area contributed by atoms with Crippen molar-refractivity contribution in [2.75, 3.05) is 20.3 Å². The molecule has 1 heterocycles. The number of ether oxygens (including phenoxy) is 2. The Labute approximate surface area is 136 Å². The van der Waals surface area contributed by atoms with E-state index >= 15 is 0 Å². The maximum atomic E-state index is 12.7. The van der Waals surface area contributed by atoms with Gasteiger partial charge in [0.1, 0.15) is 5.76 Å². The van der Waals surface area contributed by atoms with E-state index in [-0.39, 0.29) is 11.9 Å². The molecule has 1 atom stereocenters. The molecule has 0 aliphatic carbocycles. The van der Waals surface area contributed by atoms with Crippen LogP contribution < -0.4 is 9.47 Å². The summed E-state index contributed by atoms with van der Waals surface area (Å²) in [5, 5.41) is 0. The van der Waals surface area contributed by atoms with Crippen LogP contribution in [0.5, 0.6) is 11.5 Å². The fourth-order valence-corrected chi connectivity index (χ4v) is 2.28. The van der Waals surface area contributed by atoms with Crippen LogP contribution in [0.4, 0.5) is 0 Å². The van der Waals surface area contributed by atoms with Crippen molar-refractivity contribution in [2.45, 2.75) is 26.8 Å². The molecule has 124 valence electrons. The van der Waals surface area contributed by atoms with Gasteiger partial charge in [-0.05, 0) is 51.1 Å². The molecule has 0 aliphatic rings. The second-order valence-corrected chi connectivity index (χ2v) is 5.13. The van der Waals surface area contributed by atoms with Crippen LogP contribution in [-0.2, 0) is 0 Å². The summed E-state index contributed by atoms with van der Waals surface area (Å²) < 4.78 is 16.5. The van der Waals surface area contributed by atoms with Crippen molar-refractivity contribution in [3.05, 3.63) is 47.9 Å². The predicted molar refractivity (Wildman–Crippen MR) is 88.0 cm³/mol. The molecule has 1 aromatic heterocycles. The third kappa shape index (κ3) is 3.86. The Morgan fingerprint density at radius 2 is 1.87 bits per heavy atom. The van der Waals surface area contributed by atoms with Crippen molar-refractivity contribution in [2.24, 2.45) is 0 Å². The van der Waals surface area contributed by atoms with Crippen LogP contribution in [0.15, 0.2) is 41.0 Å². The maximum absolute atomic E-state index is 12.7. The molecule has 0 saturated carbocycles. The van der Waals surface area contributed by atoms with Crippen LogP contribution >= 0.6 is 0 Å². The smallest absolute Gasteiger partial charge is 0.254 e. The average molecular weight is 317 g/mol. The largest absolute Gasteiger partial charge is 0.490 e. The van der Waals surface area contributed by atoms with E-state index in [0.717, 1.165) is 5.76 Å². The third-order valence-corrected chi connectivity index (χ3v) is 3.65. The summed E-state index contributed by atoms with van der Waals surface area (Å²) >= 11 is 0. The zero-order valence-corrected chi connectivity index (χ0v) is 14.0. The van der Waals surface area contributed by atoms with Crippen LogP contribution in [0.1, 0.15) is 42.9 Å². The first-order chi connectivity index (χ1) is 11.1. The van der Waals surface area contributed by atoms with Crippen LogP contribution in [-0.4, -0.2) is 31.1 Å². The van der Waals surface area contributed by atoms with E-state index in [1.54, 1.807) is 36.4 Å². The molecule has 5 heteroatoms. The molecule has 1 aromatic carbocycles. The minimum absolute atomic E-state index is 0.0992. The summed E-state index contributed by atoms with van der Waals surface area (Å²) in [5.41, 5.74) is 0.554. The SMILES string of the molecule is CCOc1ccc(C(=O)N(C)C(C)c2ccco2)cc1OCC. The molecule has 1 amide bonds. The Morgan fingerprint density at radius 1 is 1.17 bits per heavy atom. The molecule has 0 spiro atoms. The second kappa shape index (κ2) is 7.72. The van der Waals surface area contributed by atoms with Gasteiger partial charge in [0.2, 0.25) is 0 Å². The zero-order chi connectivity index (χ0) is 16.8. The van der Waals surface area contributed by atoms with Crippen LogP contribution in [0, 0.1) is 0 Å². The lowest BCUT2D eigenvalue weighted by molar-refractivity contribution is 0.0725. The monoisotopic (exact) mass is 317 g/mol. The van der Waals surface area contributed by atoms with Crippen molar-refractivity contribution < 1.29 is 18.7 Å². The first-order valence-electron chi connectivity index (χ1n) is 7.78. The summed E-state index contributed by atoms with van der Waals surface area (Å²) in [6, 6.07) is 8.77. The van der Waals surface area contributed by atoms with Crippen molar-refractivity contribution in [1.82, 2.24) is 4.90 Å². The highest BCUT2D eigenvalue weighted by atomic mass is 16.5. The molecule has 0 bridgehead atoms. The summed E-state index contributed by atoms with van der Waals surface area (Å²) in [5.74, 6) is 1.88. The Balaban J connectivity index is 2.22. The van der Waals surface area contributed by atoms with E-state index in [1.165, 1.54) is 0 Å². The minimum atomic E-state index is -0.153. The van der Waals surface area contributed by atoms with Gasteiger partial charge in [-0.1, -0.05) is 0 Å². The molecular formula is C18H23NO4. The number of benzene rings is 1. The van der Waals surface area contributed by atoms with Gasteiger partial charge in [-0.25, -0.2) is 0 Å². The lowest BCUT2D eigenvalue weighted by Crippen LogP contribution is -2.29. The maximum Gasteiger partial charge on any atom is 0.254 e. The highest BCUT2D eigenvalue weighted by Gasteiger charge is 2.22. The van der Waals surface area contributed by atoms with Gasteiger partial charge in [0, 0.05) is 12.6 Å². The highest BCUT2D eigenvalue weighted by Crippen LogP contribution is 2.30. The van der Waals surface area contributed by atoms with Gasteiger partial charge < -0.3 is 18.8 Å². The van der Waals surface area contributed by atoms with Crippen LogP contribution in [0.2, 0.25) is 0 Å². The summed E-state index contributed by atoms with van der Waals surface area (Å²) in [7, 11) is 1.76. The van der Waals surface area contributed by atoms with Crippen molar-refractivity contribution in [3.63, 3.8) is 0 Å².